The second-order valence-corrected chi connectivity index (χ2v) is 7.11. The smallest absolute Gasteiger partial charge is 0.251 e. The van der Waals surface area contributed by atoms with E-state index in [1.807, 2.05) is 48.5 Å². The minimum atomic E-state index is -0.267. The van der Waals surface area contributed by atoms with Gasteiger partial charge in [-0.3, -0.25) is 14.6 Å². The first-order chi connectivity index (χ1) is 15.7. The molecule has 0 saturated carbocycles. The van der Waals surface area contributed by atoms with E-state index < -0.39 is 0 Å². The summed E-state index contributed by atoms with van der Waals surface area (Å²) in [5.41, 5.74) is 1.51. The molecule has 0 spiro atoms. The van der Waals surface area contributed by atoms with E-state index in [9.17, 15) is 9.59 Å². The zero-order valence-corrected chi connectivity index (χ0v) is 17.3. The maximum atomic E-state index is 12.4. The van der Waals surface area contributed by atoms with Crippen LogP contribution in [-0.2, 0) is 11.4 Å². The number of fused-ring (bicyclic) bond motifs is 1. The van der Waals surface area contributed by atoms with E-state index in [1.54, 1.807) is 36.8 Å². The third-order valence-corrected chi connectivity index (χ3v) is 4.82. The van der Waals surface area contributed by atoms with Crippen LogP contribution in [-0.4, -0.2) is 28.3 Å². The molecule has 0 bridgehead atoms. The molecule has 0 saturated heterocycles. The Morgan fingerprint density at radius 3 is 2.53 bits per heavy atom. The molecule has 0 aliphatic rings. The average molecular weight is 426 g/mol. The summed E-state index contributed by atoms with van der Waals surface area (Å²) in [6, 6.07) is 20.6. The first kappa shape index (κ1) is 21.0. The molecule has 0 fully saturated rings. The molecule has 32 heavy (non-hydrogen) atoms. The summed E-state index contributed by atoms with van der Waals surface area (Å²) in [4.78, 5) is 33.0. The SMILES string of the molecule is O=C(CCNC(=O)c1ccc2ccccc2c1)Nc1ncccc1OCc1ccncc1. The van der Waals surface area contributed by atoms with Gasteiger partial charge in [0, 0.05) is 37.1 Å². The largest absolute Gasteiger partial charge is 0.485 e. The maximum Gasteiger partial charge on any atom is 0.251 e. The Bertz CT molecular complexity index is 1230. The number of carbonyl (C=O) groups excluding carboxylic acids is 2. The highest BCUT2D eigenvalue weighted by Gasteiger charge is 2.11. The molecule has 4 rings (SSSR count). The monoisotopic (exact) mass is 426 g/mol. The lowest BCUT2D eigenvalue weighted by atomic mass is 10.1. The molecule has 0 aliphatic heterocycles. The molecule has 0 atom stereocenters. The number of rotatable bonds is 8. The lowest BCUT2D eigenvalue weighted by Gasteiger charge is -2.12. The number of anilines is 1. The standard InChI is InChI=1S/C25H22N4O3/c30-23(11-15-28-25(31)21-8-7-19-4-1-2-5-20(19)16-21)29-24-22(6-3-12-27-24)32-17-18-9-13-26-14-10-18/h1-10,12-14,16H,11,15,17H2,(H,28,31)(H,27,29,30). The number of amides is 2. The van der Waals surface area contributed by atoms with Gasteiger partial charge in [-0.15, -0.1) is 0 Å². The van der Waals surface area contributed by atoms with E-state index in [4.69, 9.17) is 4.74 Å². The van der Waals surface area contributed by atoms with Crippen molar-refractivity contribution in [2.75, 3.05) is 11.9 Å². The summed E-state index contributed by atoms with van der Waals surface area (Å²) in [5, 5.41) is 7.59. The molecule has 2 amide bonds. The highest BCUT2D eigenvalue weighted by molar-refractivity contribution is 5.99. The van der Waals surface area contributed by atoms with Crippen LogP contribution in [0, 0.1) is 0 Å². The molecule has 7 nitrogen and oxygen atoms in total. The number of ether oxygens (including phenoxy) is 1. The van der Waals surface area contributed by atoms with Crippen molar-refractivity contribution in [3.05, 3.63) is 96.4 Å². The fourth-order valence-electron chi connectivity index (χ4n) is 3.16. The minimum absolute atomic E-state index is 0.111. The van der Waals surface area contributed by atoms with Gasteiger partial charge in [-0.25, -0.2) is 4.98 Å². The number of nitrogens with one attached hydrogen (secondary N) is 2. The van der Waals surface area contributed by atoms with Gasteiger partial charge in [0.2, 0.25) is 5.91 Å². The molecule has 2 aromatic heterocycles. The van der Waals surface area contributed by atoms with Gasteiger partial charge in [-0.2, -0.15) is 0 Å². The van der Waals surface area contributed by atoms with Gasteiger partial charge in [-0.05, 0) is 52.7 Å². The molecule has 2 N–H and O–H groups in total. The van der Waals surface area contributed by atoms with Gasteiger partial charge < -0.3 is 15.4 Å². The zero-order chi connectivity index (χ0) is 22.2. The van der Waals surface area contributed by atoms with Gasteiger partial charge >= 0.3 is 0 Å². The van der Waals surface area contributed by atoms with Crippen molar-refractivity contribution in [2.45, 2.75) is 13.0 Å². The van der Waals surface area contributed by atoms with Gasteiger partial charge in [0.05, 0.1) is 0 Å². The van der Waals surface area contributed by atoms with Crippen molar-refractivity contribution in [1.29, 1.82) is 0 Å². The first-order valence-corrected chi connectivity index (χ1v) is 10.2. The molecule has 2 heterocycles. The van der Waals surface area contributed by atoms with Crippen molar-refractivity contribution < 1.29 is 14.3 Å². The molecule has 4 aromatic rings. The van der Waals surface area contributed by atoms with Crippen molar-refractivity contribution in [1.82, 2.24) is 15.3 Å². The predicted octanol–water partition coefficient (Wildman–Crippen LogP) is 3.97. The van der Waals surface area contributed by atoms with Crippen LogP contribution in [0.3, 0.4) is 0 Å². The number of benzene rings is 2. The number of pyridine rings is 2. The van der Waals surface area contributed by atoms with Crippen molar-refractivity contribution >= 4 is 28.4 Å². The van der Waals surface area contributed by atoms with Gasteiger partial charge in [0.25, 0.3) is 5.91 Å². The number of nitrogens with zero attached hydrogens (tertiary/aromatic N) is 2. The van der Waals surface area contributed by atoms with E-state index in [1.165, 1.54) is 0 Å². The Kier molecular flexibility index (Phi) is 6.67. The van der Waals surface area contributed by atoms with Crippen molar-refractivity contribution in [2.24, 2.45) is 0 Å². The predicted molar refractivity (Wildman–Crippen MR) is 122 cm³/mol. The minimum Gasteiger partial charge on any atom is -0.485 e. The second kappa shape index (κ2) is 10.2. The van der Waals surface area contributed by atoms with Crippen LogP contribution in [0.5, 0.6) is 5.75 Å². The molecule has 2 aromatic carbocycles. The van der Waals surface area contributed by atoms with Crippen LogP contribution in [0.4, 0.5) is 5.82 Å². The van der Waals surface area contributed by atoms with E-state index in [0.29, 0.717) is 23.7 Å². The van der Waals surface area contributed by atoms with Gasteiger partial charge in [-0.1, -0.05) is 30.3 Å². The summed E-state index contributed by atoms with van der Waals surface area (Å²) in [6.45, 7) is 0.538. The molecular formula is C25H22N4O3. The summed E-state index contributed by atoms with van der Waals surface area (Å²) < 4.78 is 5.79. The third kappa shape index (κ3) is 5.46. The Morgan fingerprint density at radius 1 is 0.875 bits per heavy atom. The Hall–Kier alpha value is -4.26. The average Bonchev–Trinajstić information content (AvgIpc) is 2.83. The summed E-state index contributed by atoms with van der Waals surface area (Å²) in [7, 11) is 0. The normalized spacial score (nSPS) is 10.5. The Balaban J connectivity index is 1.29. The molecule has 0 aliphatic carbocycles. The molecule has 7 heteroatoms. The summed E-state index contributed by atoms with van der Waals surface area (Å²) in [5.74, 6) is 0.323. The summed E-state index contributed by atoms with van der Waals surface area (Å²) in [6.07, 6.45) is 5.07. The van der Waals surface area contributed by atoms with E-state index in [-0.39, 0.29) is 24.8 Å². The highest BCUT2D eigenvalue weighted by Crippen LogP contribution is 2.22. The lowest BCUT2D eigenvalue weighted by Crippen LogP contribution is -2.27. The van der Waals surface area contributed by atoms with Crippen LogP contribution in [0.1, 0.15) is 22.3 Å². The van der Waals surface area contributed by atoms with Gasteiger partial charge in [0.15, 0.2) is 11.6 Å². The van der Waals surface area contributed by atoms with Crippen LogP contribution in [0.15, 0.2) is 85.3 Å². The van der Waals surface area contributed by atoms with Crippen LogP contribution < -0.4 is 15.4 Å². The lowest BCUT2D eigenvalue weighted by molar-refractivity contribution is -0.116. The van der Waals surface area contributed by atoms with E-state index >= 15 is 0 Å². The van der Waals surface area contributed by atoms with Crippen LogP contribution >= 0.6 is 0 Å². The highest BCUT2D eigenvalue weighted by atomic mass is 16.5. The molecule has 0 unspecified atom stereocenters. The quantitative estimate of drug-likeness (QED) is 0.445. The fraction of sp³-hybridized carbons (Fsp3) is 0.120. The number of hydrogen-bond donors (Lipinski definition) is 2. The Morgan fingerprint density at radius 2 is 1.69 bits per heavy atom. The topological polar surface area (TPSA) is 93.2 Å². The Labute approximate surface area is 185 Å². The third-order valence-electron chi connectivity index (χ3n) is 4.82. The zero-order valence-electron chi connectivity index (χ0n) is 17.3. The number of aromatic nitrogens is 2. The van der Waals surface area contributed by atoms with Crippen LogP contribution in [0.2, 0.25) is 0 Å². The van der Waals surface area contributed by atoms with Crippen LogP contribution in [0.25, 0.3) is 10.8 Å². The van der Waals surface area contributed by atoms with E-state index in [2.05, 4.69) is 20.6 Å². The first-order valence-electron chi connectivity index (χ1n) is 10.2. The second-order valence-electron chi connectivity index (χ2n) is 7.11. The molecule has 0 radical (unpaired) electrons. The fourth-order valence-corrected chi connectivity index (χ4v) is 3.16. The molecular weight excluding hydrogens is 404 g/mol. The number of hydrogen-bond acceptors (Lipinski definition) is 5. The molecule has 160 valence electrons. The van der Waals surface area contributed by atoms with Gasteiger partial charge in [0.1, 0.15) is 6.61 Å². The van der Waals surface area contributed by atoms with Crippen molar-refractivity contribution in [3.63, 3.8) is 0 Å². The maximum absolute atomic E-state index is 12.4. The van der Waals surface area contributed by atoms with Crippen molar-refractivity contribution in [3.8, 4) is 5.75 Å². The van der Waals surface area contributed by atoms with E-state index in [0.717, 1.165) is 16.3 Å². The number of carbonyl (C=O) groups is 2. The summed E-state index contributed by atoms with van der Waals surface area (Å²) >= 11 is 0.